The summed E-state index contributed by atoms with van der Waals surface area (Å²) in [5, 5.41) is 0. The Morgan fingerprint density at radius 2 is 1.77 bits per heavy atom. The maximum Gasteiger partial charge on any atom is 0.510 e. The lowest BCUT2D eigenvalue weighted by atomic mass is 9.71. The lowest BCUT2D eigenvalue weighted by Crippen LogP contribution is -2.53. The highest BCUT2D eigenvalue weighted by molar-refractivity contribution is 5.70. The maximum atomic E-state index is 14.1. The predicted molar refractivity (Wildman–Crippen MR) is 150 cm³/mol. The minimum Gasteiger partial charge on any atom is -0.469 e. The van der Waals surface area contributed by atoms with Gasteiger partial charge in [0.25, 0.3) is 0 Å². The molecule has 0 aromatic heterocycles. The lowest BCUT2D eigenvalue weighted by Gasteiger charge is -2.45. The number of carbonyl (C=O) groups excluding carboxylic acids is 2. The second-order valence-corrected chi connectivity index (χ2v) is 11.0. The molecular formula is C31H40FN3O5. The van der Waals surface area contributed by atoms with Crippen LogP contribution >= 0.6 is 0 Å². The van der Waals surface area contributed by atoms with E-state index in [1.807, 2.05) is 38.4 Å². The van der Waals surface area contributed by atoms with E-state index in [9.17, 15) is 14.0 Å². The van der Waals surface area contributed by atoms with Gasteiger partial charge in [0, 0.05) is 19.0 Å². The van der Waals surface area contributed by atoms with Crippen molar-refractivity contribution in [3.05, 3.63) is 71.5 Å². The predicted octanol–water partition coefficient (Wildman–Crippen LogP) is 5.58. The number of carbonyl (C=O) groups is 2. The number of benzene rings is 2. The molecule has 2 aromatic rings. The van der Waals surface area contributed by atoms with Gasteiger partial charge < -0.3 is 24.0 Å². The summed E-state index contributed by atoms with van der Waals surface area (Å²) in [4.78, 5) is 33.7. The minimum absolute atomic E-state index is 0.0537. The third-order valence-electron chi connectivity index (χ3n) is 8.25. The van der Waals surface area contributed by atoms with Crippen molar-refractivity contribution < 1.29 is 28.2 Å². The highest BCUT2D eigenvalue weighted by Crippen LogP contribution is 2.46. The topological polar surface area (TPSA) is 80.7 Å². The van der Waals surface area contributed by atoms with Crippen molar-refractivity contribution in [3.63, 3.8) is 0 Å². The number of halogens is 1. The van der Waals surface area contributed by atoms with Gasteiger partial charge in [0.1, 0.15) is 5.82 Å². The van der Waals surface area contributed by atoms with Gasteiger partial charge >= 0.3 is 12.1 Å². The minimum atomic E-state index is -1.28. The van der Waals surface area contributed by atoms with E-state index >= 15 is 0 Å². The van der Waals surface area contributed by atoms with Crippen LogP contribution in [0, 0.1) is 17.7 Å². The van der Waals surface area contributed by atoms with E-state index in [-0.39, 0.29) is 36.7 Å². The van der Waals surface area contributed by atoms with Crippen LogP contribution in [-0.2, 0) is 25.5 Å². The Labute approximate surface area is 236 Å². The molecule has 4 rings (SSSR count). The summed E-state index contributed by atoms with van der Waals surface area (Å²) >= 11 is 0. The Kier molecular flexibility index (Phi) is 9.79. The molecular weight excluding hydrogens is 513 g/mol. The summed E-state index contributed by atoms with van der Waals surface area (Å²) in [6, 6.07) is 16.7. The molecule has 0 amide bonds. The molecule has 9 heteroatoms. The van der Waals surface area contributed by atoms with Crippen LogP contribution in [-0.4, -0.2) is 68.3 Å². The van der Waals surface area contributed by atoms with E-state index < -0.39 is 17.8 Å². The number of esters is 1. The Morgan fingerprint density at radius 1 is 1.05 bits per heavy atom. The van der Waals surface area contributed by atoms with E-state index in [0.717, 1.165) is 36.8 Å². The molecule has 2 aliphatic rings. The Balaban J connectivity index is 1.60. The van der Waals surface area contributed by atoms with Gasteiger partial charge in [-0.3, -0.25) is 4.79 Å². The van der Waals surface area contributed by atoms with E-state index in [0.29, 0.717) is 12.5 Å². The van der Waals surface area contributed by atoms with Crippen LogP contribution in [0.3, 0.4) is 0 Å². The zero-order valence-electron chi connectivity index (χ0n) is 23.8. The van der Waals surface area contributed by atoms with Gasteiger partial charge in [-0.25, -0.2) is 14.2 Å². The molecule has 8 nitrogen and oxygen atoms in total. The molecule has 0 saturated heterocycles. The van der Waals surface area contributed by atoms with Gasteiger partial charge in [-0.15, -0.1) is 0 Å². The van der Waals surface area contributed by atoms with Crippen molar-refractivity contribution in [2.24, 2.45) is 16.8 Å². The van der Waals surface area contributed by atoms with E-state index in [1.54, 1.807) is 18.5 Å². The maximum absolute atomic E-state index is 14.1. The SMILES string of the molecule is COC(=O)CCC1(OC(=O)OC)N=CN(Cc2ccccc2)C1C1CCC(C(c2cccc(F)c2)N(C)C)CC1. The summed E-state index contributed by atoms with van der Waals surface area (Å²) in [5.41, 5.74) is 0.801. The van der Waals surface area contributed by atoms with Crippen molar-refractivity contribution >= 4 is 18.5 Å². The fraction of sp³-hybridized carbons (Fsp3) is 0.516. The summed E-state index contributed by atoms with van der Waals surface area (Å²) in [6.45, 7) is 0.586. The quantitative estimate of drug-likeness (QED) is 0.355. The normalized spacial score (nSPS) is 25.1. The largest absolute Gasteiger partial charge is 0.510 e. The Hall–Kier alpha value is -3.46. The van der Waals surface area contributed by atoms with Crippen LogP contribution in [0.4, 0.5) is 9.18 Å². The third-order valence-corrected chi connectivity index (χ3v) is 8.25. The van der Waals surface area contributed by atoms with Crippen LogP contribution in [0.2, 0.25) is 0 Å². The molecule has 1 aliphatic heterocycles. The summed E-state index contributed by atoms with van der Waals surface area (Å²) < 4.78 is 29.8. The molecule has 1 aliphatic carbocycles. The monoisotopic (exact) mass is 553 g/mol. The van der Waals surface area contributed by atoms with Gasteiger partial charge in [-0.2, -0.15) is 0 Å². The van der Waals surface area contributed by atoms with Crippen molar-refractivity contribution in [2.75, 3.05) is 28.3 Å². The van der Waals surface area contributed by atoms with Crippen molar-refractivity contribution in [1.82, 2.24) is 9.80 Å². The van der Waals surface area contributed by atoms with Crippen molar-refractivity contribution in [1.29, 1.82) is 0 Å². The lowest BCUT2D eigenvalue weighted by molar-refractivity contribution is -0.143. The summed E-state index contributed by atoms with van der Waals surface area (Å²) in [5.74, 6) is -0.145. The standard InChI is InChI=1S/C31H40FN3O5/c1-34(2)28(25-11-8-12-26(32)19-25)23-13-15-24(16-14-23)29-31(40-30(37)39-4,18-17-27(36)38-3)33-21-35(29)20-22-9-6-5-7-10-22/h5-12,19,21,23-24,28-29H,13-18,20H2,1-4H3. The molecule has 3 unspecified atom stereocenters. The van der Waals surface area contributed by atoms with E-state index in [2.05, 4.69) is 21.9 Å². The molecule has 1 fully saturated rings. The van der Waals surface area contributed by atoms with Gasteiger partial charge in [-0.1, -0.05) is 42.5 Å². The third kappa shape index (κ3) is 6.81. The van der Waals surface area contributed by atoms with E-state index in [4.69, 9.17) is 19.2 Å². The number of hydrogen-bond donors (Lipinski definition) is 0. The second kappa shape index (κ2) is 13.3. The van der Waals surface area contributed by atoms with Crippen LogP contribution in [0.15, 0.2) is 59.6 Å². The average molecular weight is 554 g/mol. The fourth-order valence-corrected chi connectivity index (χ4v) is 6.53. The highest BCUT2D eigenvalue weighted by atomic mass is 19.1. The van der Waals surface area contributed by atoms with Crippen molar-refractivity contribution in [2.45, 2.75) is 62.9 Å². The molecule has 3 atom stereocenters. The number of ether oxygens (including phenoxy) is 3. The number of rotatable bonds is 10. The van der Waals surface area contributed by atoms with Gasteiger partial charge in [0.05, 0.1) is 33.0 Å². The first-order chi connectivity index (χ1) is 19.3. The van der Waals surface area contributed by atoms with Gasteiger partial charge in [0.15, 0.2) is 0 Å². The second-order valence-electron chi connectivity index (χ2n) is 11.0. The molecule has 216 valence electrons. The first kappa shape index (κ1) is 29.5. The fourth-order valence-electron chi connectivity index (χ4n) is 6.53. The molecule has 0 spiro atoms. The van der Waals surface area contributed by atoms with Crippen LogP contribution in [0.5, 0.6) is 0 Å². The Morgan fingerprint density at radius 3 is 2.40 bits per heavy atom. The van der Waals surface area contributed by atoms with Gasteiger partial charge in [0.2, 0.25) is 5.72 Å². The van der Waals surface area contributed by atoms with E-state index in [1.165, 1.54) is 20.3 Å². The first-order valence-electron chi connectivity index (χ1n) is 13.9. The zero-order valence-corrected chi connectivity index (χ0v) is 23.8. The van der Waals surface area contributed by atoms with Crippen LogP contribution in [0.25, 0.3) is 0 Å². The number of hydrogen-bond acceptors (Lipinski definition) is 8. The van der Waals surface area contributed by atoms with Crippen molar-refractivity contribution in [3.8, 4) is 0 Å². The molecule has 1 heterocycles. The summed E-state index contributed by atoms with van der Waals surface area (Å²) in [6.07, 6.45) is 4.74. The Bertz CT molecular complexity index is 1170. The smallest absolute Gasteiger partial charge is 0.469 e. The molecule has 0 radical (unpaired) electrons. The number of nitrogens with zero attached hydrogens (tertiary/aromatic N) is 3. The highest BCUT2D eigenvalue weighted by Gasteiger charge is 2.53. The molecule has 0 N–H and O–H groups in total. The molecule has 0 bridgehead atoms. The zero-order chi connectivity index (χ0) is 28.7. The average Bonchev–Trinajstić information content (AvgIpc) is 3.29. The first-order valence-corrected chi connectivity index (χ1v) is 13.9. The number of aliphatic imine (C=N–C) groups is 1. The summed E-state index contributed by atoms with van der Waals surface area (Å²) in [7, 11) is 6.69. The van der Waals surface area contributed by atoms with Gasteiger partial charge in [-0.05, 0) is 74.9 Å². The molecule has 1 saturated carbocycles. The number of methoxy groups -OCH3 is 2. The molecule has 40 heavy (non-hydrogen) atoms. The van der Waals surface area contributed by atoms with Crippen LogP contribution in [0.1, 0.15) is 55.7 Å². The van der Waals surface area contributed by atoms with Crippen LogP contribution < -0.4 is 0 Å². The molecule has 2 aromatic carbocycles.